The van der Waals surface area contributed by atoms with E-state index in [1.165, 1.54) is 4.90 Å². The summed E-state index contributed by atoms with van der Waals surface area (Å²) in [6.07, 6.45) is 2.02. The minimum absolute atomic E-state index is 0.139. The predicted molar refractivity (Wildman–Crippen MR) is 116 cm³/mol. The molecule has 3 rings (SSSR count). The van der Waals surface area contributed by atoms with Crippen molar-refractivity contribution < 1.29 is 13.2 Å². The van der Waals surface area contributed by atoms with Gasteiger partial charge in [-0.05, 0) is 66.6 Å². The average molecular weight is 433 g/mol. The van der Waals surface area contributed by atoms with Gasteiger partial charge in [0, 0.05) is 16.1 Å². The van der Waals surface area contributed by atoms with Crippen molar-refractivity contribution in [3.63, 3.8) is 0 Å². The van der Waals surface area contributed by atoms with Crippen LogP contribution in [0.25, 0.3) is 0 Å². The third-order valence-electron chi connectivity index (χ3n) is 4.12. The highest BCUT2D eigenvalue weighted by atomic mass is 32.2. The molecule has 0 radical (unpaired) electrons. The van der Waals surface area contributed by atoms with Crippen LogP contribution in [0.2, 0.25) is 0 Å². The molecule has 0 spiro atoms. The number of amides is 1. The van der Waals surface area contributed by atoms with E-state index in [2.05, 4.69) is 10.0 Å². The molecule has 0 aliphatic rings. The topological polar surface area (TPSA) is 75.3 Å². The van der Waals surface area contributed by atoms with Gasteiger partial charge in [0.25, 0.3) is 15.9 Å². The molecule has 1 aromatic heterocycles. The van der Waals surface area contributed by atoms with Crippen LogP contribution >= 0.6 is 23.1 Å². The highest BCUT2D eigenvalue weighted by Crippen LogP contribution is 2.21. The van der Waals surface area contributed by atoms with Gasteiger partial charge in [-0.15, -0.1) is 23.1 Å². The number of rotatable bonds is 7. The maximum absolute atomic E-state index is 12.5. The van der Waals surface area contributed by atoms with Crippen LogP contribution in [0.5, 0.6) is 0 Å². The summed E-state index contributed by atoms with van der Waals surface area (Å²) in [5.41, 5.74) is 1.89. The van der Waals surface area contributed by atoms with Gasteiger partial charge in [0.05, 0.1) is 6.04 Å². The van der Waals surface area contributed by atoms with E-state index in [0.717, 1.165) is 16.9 Å². The predicted octanol–water partition coefficient (Wildman–Crippen LogP) is 4.76. The van der Waals surface area contributed by atoms with Crippen molar-refractivity contribution in [2.24, 2.45) is 0 Å². The van der Waals surface area contributed by atoms with Crippen molar-refractivity contribution in [1.82, 2.24) is 5.32 Å². The van der Waals surface area contributed by atoms with Crippen LogP contribution in [0.15, 0.2) is 75.1 Å². The van der Waals surface area contributed by atoms with Gasteiger partial charge in [0.15, 0.2) is 0 Å². The number of thiophene rings is 1. The van der Waals surface area contributed by atoms with Gasteiger partial charge in [0.1, 0.15) is 4.21 Å². The highest BCUT2D eigenvalue weighted by Gasteiger charge is 2.16. The smallest absolute Gasteiger partial charge is 0.271 e. The lowest BCUT2D eigenvalue weighted by Gasteiger charge is -2.15. The molecule has 1 heterocycles. The van der Waals surface area contributed by atoms with E-state index in [9.17, 15) is 13.2 Å². The maximum atomic E-state index is 12.5. The molecule has 3 aromatic rings. The van der Waals surface area contributed by atoms with E-state index in [0.29, 0.717) is 11.3 Å². The molecule has 0 saturated heterocycles. The summed E-state index contributed by atoms with van der Waals surface area (Å²) in [5.74, 6) is -0.214. The molecule has 2 aromatic carbocycles. The van der Waals surface area contributed by atoms with Crippen LogP contribution in [-0.2, 0) is 10.0 Å². The third kappa shape index (κ3) is 4.95. The first-order chi connectivity index (χ1) is 13.4. The van der Waals surface area contributed by atoms with Crippen LogP contribution < -0.4 is 10.0 Å². The number of nitrogens with one attached hydrogen (secondary N) is 2. The normalized spacial score (nSPS) is 12.4. The summed E-state index contributed by atoms with van der Waals surface area (Å²) in [6, 6.07) is 17.5. The molecular formula is C20H20N2O3S3. The number of carbonyl (C=O) groups is 1. The zero-order valence-electron chi connectivity index (χ0n) is 15.4. The Hall–Kier alpha value is -2.29. The van der Waals surface area contributed by atoms with E-state index in [4.69, 9.17) is 0 Å². The van der Waals surface area contributed by atoms with Gasteiger partial charge in [-0.25, -0.2) is 8.42 Å². The van der Waals surface area contributed by atoms with Crippen LogP contribution in [0.1, 0.15) is 28.9 Å². The highest BCUT2D eigenvalue weighted by molar-refractivity contribution is 7.98. The lowest BCUT2D eigenvalue weighted by atomic mass is 10.1. The molecule has 0 saturated carbocycles. The van der Waals surface area contributed by atoms with E-state index in [1.807, 2.05) is 37.4 Å². The lowest BCUT2D eigenvalue weighted by molar-refractivity contribution is 0.0940. The van der Waals surface area contributed by atoms with Gasteiger partial charge in [-0.1, -0.05) is 18.2 Å². The Balaban J connectivity index is 1.64. The molecule has 0 aliphatic carbocycles. The largest absolute Gasteiger partial charge is 0.346 e. The first-order valence-corrected chi connectivity index (χ1v) is 12.1. The standard InChI is InChI=1S/C20H20N2O3S3/c1-14(15-7-11-18(26-2)12-8-15)21-20(23)16-5-9-17(10-6-16)22-28(24,25)19-4-3-13-27-19/h3-14,22H,1-2H3,(H,21,23). The Kier molecular flexibility index (Phi) is 6.43. The van der Waals surface area contributed by atoms with Gasteiger partial charge < -0.3 is 5.32 Å². The Morgan fingerprint density at radius 2 is 1.71 bits per heavy atom. The summed E-state index contributed by atoms with van der Waals surface area (Å²) in [7, 11) is -3.60. The molecule has 146 valence electrons. The van der Waals surface area contributed by atoms with Gasteiger partial charge in [-0.3, -0.25) is 9.52 Å². The second-order valence-electron chi connectivity index (χ2n) is 6.08. The third-order valence-corrected chi connectivity index (χ3v) is 7.64. The molecule has 0 aliphatic heterocycles. The van der Waals surface area contributed by atoms with E-state index in [-0.39, 0.29) is 16.2 Å². The zero-order valence-corrected chi connectivity index (χ0v) is 17.8. The molecular weight excluding hydrogens is 412 g/mol. The second kappa shape index (κ2) is 8.81. The molecule has 1 amide bonds. The van der Waals surface area contributed by atoms with Crippen molar-refractivity contribution in [3.8, 4) is 0 Å². The number of sulfonamides is 1. The van der Waals surface area contributed by atoms with Crippen molar-refractivity contribution in [1.29, 1.82) is 0 Å². The first kappa shape index (κ1) is 20.4. The van der Waals surface area contributed by atoms with Gasteiger partial charge in [0.2, 0.25) is 0 Å². The van der Waals surface area contributed by atoms with Gasteiger partial charge in [-0.2, -0.15) is 0 Å². The number of carbonyl (C=O) groups excluding carboxylic acids is 1. The Bertz CT molecular complexity index is 1030. The molecule has 0 bridgehead atoms. The molecule has 0 fully saturated rings. The Morgan fingerprint density at radius 3 is 2.29 bits per heavy atom. The summed E-state index contributed by atoms with van der Waals surface area (Å²) in [5, 5.41) is 4.66. The van der Waals surface area contributed by atoms with Crippen LogP contribution in [0.3, 0.4) is 0 Å². The van der Waals surface area contributed by atoms with Crippen molar-refractivity contribution >= 4 is 44.7 Å². The van der Waals surface area contributed by atoms with E-state index in [1.54, 1.807) is 53.5 Å². The van der Waals surface area contributed by atoms with E-state index < -0.39 is 10.0 Å². The minimum Gasteiger partial charge on any atom is -0.346 e. The summed E-state index contributed by atoms with van der Waals surface area (Å²) < 4.78 is 27.3. The summed E-state index contributed by atoms with van der Waals surface area (Å²) >= 11 is 2.82. The number of hydrogen-bond acceptors (Lipinski definition) is 5. The van der Waals surface area contributed by atoms with Gasteiger partial charge >= 0.3 is 0 Å². The van der Waals surface area contributed by atoms with Crippen LogP contribution in [-0.4, -0.2) is 20.6 Å². The molecule has 1 unspecified atom stereocenters. The van der Waals surface area contributed by atoms with Crippen molar-refractivity contribution in [3.05, 3.63) is 77.2 Å². The number of anilines is 1. The lowest BCUT2D eigenvalue weighted by Crippen LogP contribution is -2.26. The van der Waals surface area contributed by atoms with Crippen molar-refractivity contribution in [2.75, 3.05) is 11.0 Å². The fourth-order valence-electron chi connectivity index (χ4n) is 2.57. The van der Waals surface area contributed by atoms with E-state index >= 15 is 0 Å². The fourth-order valence-corrected chi connectivity index (χ4v) is 5.03. The SMILES string of the molecule is CSc1ccc(C(C)NC(=O)c2ccc(NS(=O)(=O)c3cccs3)cc2)cc1. The summed E-state index contributed by atoms with van der Waals surface area (Å²) in [6.45, 7) is 1.93. The number of benzene rings is 2. The fraction of sp³-hybridized carbons (Fsp3) is 0.150. The molecule has 8 heteroatoms. The Labute approximate surface area is 173 Å². The minimum atomic E-state index is -3.60. The van der Waals surface area contributed by atoms with Crippen LogP contribution in [0.4, 0.5) is 5.69 Å². The monoisotopic (exact) mass is 432 g/mol. The van der Waals surface area contributed by atoms with Crippen LogP contribution in [0, 0.1) is 0 Å². The molecule has 2 N–H and O–H groups in total. The number of hydrogen-bond donors (Lipinski definition) is 2. The van der Waals surface area contributed by atoms with Crippen molar-refractivity contribution in [2.45, 2.75) is 22.1 Å². The number of thioether (sulfide) groups is 1. The quantitative estimate of drug-likeness (QED) is 0.528. The first-order valence-electron chi connectivity index (χ1n) is 8.50. The average Bonchev–Trinajstić information content (AvgIpc) is 3.24. The Morgan fingerprint density at radius 1 is 1.04 bits per heavy atom. The zero-order chi connectivity index (χ0) is 20.1. The molecule has 28 heavy (non-hydrogen) atoms. The summed E-state index contributed by atoms with van der Waals surface area (Å²) in [4.78, 5) is 13.7. The molecule has 1 atom stereocenters. The molecule has 5 nitrogen and oxygen atoms in total. The second-order valence-corrected chi connectivity index (χ2v) is 9.82. The maximum Gasteiger partial charge on any atom is 0.271 e.